The van der Waals surface area contributed by atoms with Crippen LogP contribution in [-0.4, -0.2) is 61.6 Å². The van der Waals surface area contributed by atoms with E-state index >= 15 is 0 Å². The lowest BCUT2D eigenvalue weighted by molar-refractivity contribution is -0.142. The summed E-state index contributed by atoms with van der Waals surface area (Å²) in [5, 5.41) is 0. The minimum Gasteiger partial charge on any atom is -0.497 e. The van der Waals surface area contributed by atoms with Crippen molar-refractivity contribution in [2.24, 2.45) is 0 Å². The Bertz CT molecular complexity index is 813. The number of nitrogens with zero attached hydrogens (tertiary/aromatic N) is 2. The molecule has 2 amide bonds. The summed E-state index contributed by atoms with van der Waals surface area (Å²) in [6, 6.07) is 11.0. The van der Waals surface area contributed by atoms with Crippen LogP contribution in [0.2, 0.25) is 0 Å². The maximum Gasteiger partial charge on any atom is 0.242 e. The molecular formula is C23H32N2O5. The van der Waals surface area contributed by atoms with E-state index < -0.39 is 0 Å². The summed E-state index contributed by atoms with van der Waals surface area (Å²) < 4.78 is 15.9. The highest BCUT2D eigenvalue weighted by Crippen LogP contribution is 2.14. The van der Waals surface area contributed by atoms with Crippen LogP contribution in [-0.2, 0) is 27.3 Å². The summed E-state index contributed by atoms with van der Waals surface area (Å²) in [6.45, 7) is 6.87. The van der Waals surface area contributed by atoms with Crippen molar-refractivity contribution in [3.63, 3.8) is 0 Å². The molecule has 7 heteroatoms. The lowest BCUT2D eigenvalue weighted by atomic mass is 10.1. The lowest BCUT2D eigenvalue weighted by Crippen LogP contribution is -2.46. The largest absolute Gasteiger partial charge is 0.497 e. The van der Waals surface area contributed by atoms with Gasteiger partial charge in [-0.05, 0) is 50.6 Å². The van der Waals surface area contributed by atoms with Crippen LogP contribution in [0.5, 0.6) is 5.75 Å². The van der Waals surface area contributed by atoms with E-state index in [0.29, 0.717) is 25.5 Å². The van der Waals surface area contributed by atoms with Crippen LogP contribution in [0.4, 0.5) is 0 Å². The zero-order valence-corrected chi connectivity index (χ0v) is 18.5. The van der Waals surface area contributed by atoms with Gasteiger partial charge in [-0.2, -0.15) is 0 Å². The highest BCUT2D eigenvalue weighted by Gasteiger charge is 2.24. The zero-order valence-electron chi connectivity index (χ0n) is 18.5. The number of hydrogen-bond acceptors (Lipinski definition) is 5. The number of methoxy groups -OCH3 is 2. The molecule has 2 rings (SSSR count). The van der Waals surface area contributed by atoms with E-state index in [1.807, 2.05) is 57.2 Å². The van der Waals surface area contributed by atoms with Crippen molar-refractivity contribution in [1.82, 2.24) is 9.80 Å². The second-order valence-electron chi connectivity index (χ2n) is 7.46. The van der Waals surface area contributed by atoms with Gasteiger partial charge in [0.15, 0.2) is 0 Å². The van der Waals surface area contributed by atoms with Gasteiger partial charge in [-0.1, -0.05) is 12.1 Å². The number of benzene rings is 1. The second kappa shape index (κ2) is 11.4. The number of carbonyl (C=O) groups excluding carboxylic acids is 2. The Morgan fingerprint density at radius 2 is 1.73 bits per heavy atom. The number of furan rings is 1. The first-order chi connectivity index (χ1) is 14.3. The van der Waals surface area contributed by atoms with Gasteiger partial charge in [0.1, 0.15) is 23.8 Å². The van der Waals surface area contributed by atoms with Gasteiger partial charge in [0, 0.05) is 19.7 Å². The molecule has 0 aliphatic rings. The first-order valence-electron chi connectivity index (χ1n) is 10.1. The summed E-state index contributed by atoms with van der Waals surface area (Å²) in [7, 11) is 3.20. The zero-order chi connectivity index (χ0) is 22.1. The van der Waals surface area contributed by atoms with Gasteiger partial charge in [0.25, 0.3) is 0 Å². The van der Waals surface area contributed by atoms with E-state index in [2.05, 4.69) is 0 Å². The molecule has 0 spiro atoms. The molecular weight excluding hydrogens is 384 g/mol. The van der Waals surface area contributed by atoms with E-state index in [1.54, 1.807) is 24.0 Å². The third kappa shape index (κ3) is 6.91. The molecule has 0 bridgehead atoms. The number of ether oxygens (including phenoxy) is 2. The molecule has 1 aromatic heterocycles. The molecule has 1 aromatic carbocycles. The van der Waals surface area contributed by atoms with Crippen molar-refractivity contribution < 1.29 is 23.5 Å². The summed E-state index contributed by atoms with van der Waals surface area (Å²) in [6.07, 6.45) is 0.227. The molecule has 0 saturated heterocycles. The summed E-state index contributed by atoms with van der Waals surface area (Å²) in [5.41, 5.74) is 0.876. The van der Waals surface area contributed by atoms with E-state index in [-0.39, 0.29) is 30.8 Å². The van der Waals surface area contributed by atoms with Crippen molar-refractivity contribution in [2.75, 3.05) is 33.9 Å². The number of rotatable bonds is 11. The minimum atomic E-state index is -0.141. The Morgan fingerprint density at radius 3 is 2.27 bits per heavy atom. The molecule has 7 nitrogen and oxygen atoms in total. The van der Waals surface area contributed by atoms with Crippen LogP contribution in [0.15, 0.2) is 40.8 Å². The maximum atomic E-state index is 13.0. The molecule has 0 atom stereocenters. The number of amides is 2. The van der Waals surface area contributed by atoms with Crippen molar-refractivity contribution in [3.05, 3.63) is 53.5 Å². The standard InChI is InChI=1S/C23H32N2O5/c1-17(2)25(22(26)14-19-7-10-20(29-5)11-8-19)16-23(27)24(12-13-28-4)15-21-9-6-18(3)30-21/h6-11,17H,12-16H2,1-5H3. The summed E-state index contributed by atoms with van der Waals surface area (Å²) in [4.78, 5) is 29.2. The maximum absolute atomic E-state index is 13.0. The molecule has 164 valence electrons. The third-order valence-electron chi connectivity index (χ3n) is 4.82. The van der Waals surface area contributed by atoms with Crippen molar-refractivity contribution >= 4 is 11.8 Å². The lowest BCUT2D eigenvalue weighted by Gasteiger charge is -2.30. The van der Waals surface area contributed by atoms with Gasteiger partial charge < -0.3 is 23.7 Å². The minimum absolute atomic E-state index is 0.00998. The number of carbonyl (C=O) groups is 2. The Morgan fingerprint density at radius 1 is 1.03 bits per heavy atom. The predicted molar refractivity (Wildman–Crippen MR) is 114 cm³/mol. The van der Waals surface area contributed by atoms with Crippen LogP contribution in [0, 0.1) is 6.92 Å². The smallest absolute Gasteiger partial charge is 0.242 e. The van der Waals surface area contributed by atoms with Gasteiger partial charge in [-0.25, -0.2) is 0 Å². The summed E-state index contributed by atoms with van der Waals surface area (Å²) >= 11 is 0. The molecule has 0 fully saturated rings. The SMILES string of the molecule is COCCN(Cc1ccc(C)o1)C(=O)CN(C(=O)Cc1ccc(OC)cc1)C(C)C. The molecule has 0 N–H and O–H groups in total. The Kier molecular flexibility index (Phi) is 8.92. The van der Waals surface area contributed by atoms with Crippen LogP contribution in [0.3, 0.4) is 0 Å². The second-order valence-corrected chi connectivity index (χ2v) is 7.46. The van der Waals surface area contributed by atoms with Gasteiger partial charge in [0.2, 0.25) is 11.8 Å². The molecule has 1 heterocycles. The molecule has 0 unspecified atom stereocenters. The molecule has 30 heavy (non-hydrogen) atoms. The molecule has 0 aliphatic carbocycles. The van der Waals surface area contributed by atoms with Gasteiger partial charge >= 0.3 is 0 Å². The Labute approximate surface area is 178 Å². The fourth-order valence-corrected chi connectivity index (χ4v) is 3.08. The van der Waals surface area contributed by atoms with Crippen molar-refractivity contribution in [2.45, 2.75) is 39.8 Å². The molecule has 0 aliphatic heterocycles. The van der Waals surface area contributed by atoms with E-state index in [9.17, 15) is 9.59 Å². The highest BCUT2D eigenvalue weighted by molar-refractivity contribution is 5.86. The number of hydrogen-bond donors (Lipinski definition) is 0. The fourth-order valence-electron chi connectivity index (χ4n) is 3.08. The van der Waals surface area contributed by atoms with E-state index in [4.69, 9.17) is 13.9 Å². The third-order valence-corrected chi connectivity index (χ3v) is 4.82. The first kappa shape index (κ1) is 23.5. The quantitative estimate of drug-likeness (QED) is 0.563. The van der Waals surface area contributed by atoms with E-state index in [0.717, 1.165) is 17.1 Å². The number of aryl methyl sites for hydroxylation is 1. The van der Waals surface area contributed by atoms with Crippen LogP contribution < -0.4 is 4.74 Å². The van der Waals surface area contributed by atoms with Gasteiger partial charge in [0.05, 0.1) is 26.7 Å². The average molecular weight is 417 g/mol. The van der Waals surface area contributed by atoms with Gasteiger partial charge in [-0.15, -0.1) is 0 Å². The highest BCUT2D eigenvalue weighted by atomic mass is 16.5. The monoisotopic (exact) mass is 416 g/mol. The fraction of sp³-hybridized carbons (Fsp3) is 0.478. The average Bonchev–Trinajstić information content (AvgIpc) is 3.14. The summed E-state index contributed by atoms with van der Waals surface area (Å²) in [5.74, 6) is 2.01. The Balaban J connectivity index is 2.06. The van der Waals surface area contributed by atoms with Crippen LogP contribution in [0.25, 0.3) is 0 Å². The molecule has 0 saturated carbocycles. The first-order valence-corrected chi connectivity index (χ1v) is 10.1. The van der Waals surface area contributed by atoms with Crippen LogP contribution >= 0.6 is 0 Å². The molecule has 0 radical (unpaired) electrons. The van der Waals surface area contributed by atoms with Crippen LogP contribution in [0.1, 0.15) is 30.9 Å². The molecule has 2 aromatic rings. The normalized spacial score (nSPS) is 10.9. The van der Waals surface area contributed by atoms with Crippen molar-refractivity contribution in [3.8, 4) is 5.75 Å². The predicted octanol–water partition coefficient (Wildman–Crippen LogP) is 3.05. The van der Waals surface area contributed by atoms with Crippen molar-refractivity contribution in [1.29, 1.82) is 0 Å². The van der Waals surface area contributed by atoms with E-state index in [1.165, 1.54) is 0 Å². The topological polar surface area (TPSA) is 72.2 Å². The van der Waals surface area contributed by atoms with Gasteiger partial charge in [-0.3, -0.25) is 9.59 Å². The Hall–Kier alpha value is -2.80.